The molecular weight excluding hydrogens is 816 g/mol. The van der Waals surface area contributed by atoms with Gasteiger partial charge in [0.1, 0.15) is 38.4 Å². The number of carbonyl (C=O) groups excluding carboxylic acids is 2. The predicted octanol–water partition coefficient (Wildman–Crippen LogP) is 8.58. The number of para-hydroxylation sites is 2. The minimum absolute atomic E-state index is 0.133. The Kier molecular flexibility index (Phi) is 13.1. The lowest BCUT2D eigenvalue weighted by Crippen LogP contribution is -2.51. The molecule has 1 saturated carbocycles. The zero-order valence-electron chi connectivity index (χ0n) is 36.0. The summed E-state index contributed by atoms with van der Waals surface area (Å²) in [6.45, 7) is 8.44. The maximum Gasteiger partial charge on any atom is 0.256 e. The molecule has 14 nitrogen and oxygen atoms in total. The summed E-state index contributed by atoms with van der Waals surface area (Å²) < 4.78 is 30.5. The number of anilines is 1. The van der Waals surface area contributed by atoms with Crippen LogP contribution in [0.4, 0.5) is 5.82 Å². The fourth-order valence-electron chi connectivity index (χ4n) is 8.76. The summed E-state index contributed by atoms with van der Waals surface area (Å²) >= 11 is 0. The molecule has 2 amide bonds. The van der Waals surface area contributed by atoms with E-state index in [0.29, 0.717) is 59.4 Å². The average molecular weight is 867 g/mol. The molecule has 2 aromatic heterocycles. The molecular formula is C48H51N8O6P. The van der Waals surface area contributed by atoms with Crippen molar-refractivity contribution in [3.8, 4) is 23.3 Å². The highest BCUT2D eigenvalue weighted by atomic mass is 31.2. The highest BCUT2D eigenvalue weighted by Crippen LogP contribution is 2.55. The van der Waals surface area contributed by atoms with Gasteiger partial charge in [0.25, 0.3) is 5.91 Å². The molecule has 15 heteroatoms. The molecule has 4 aromatic carbocycles. The third-order valence-electron chi connectivity index (χ3n) is 11.4. The summed E-state index contributed by atoms with van der Waals surface area (Å²) in [7, 11) is 0.326. The molecule has 0 saturated heterocycles. The van der Waals surface area contributed by atoms with E-state index in [2.05, 4.69) is 76.2 Å². The smallest absolute Gasteiger partial charge is 0.256 e. The van der Waals surface area contributed by atoms with Crippen LogP contribution in [0, 0.1) is 11.3 Å². The van der Waals surface area contributed by atoms with E-state index in [9.17, 15) is 14.9 Å². The number of nitriles is 1. The first-order valence-corrected chi connectivity index (χ1v) is 22.6. The molecule has 63 heavy (non-hydrogen) atoms. The van der Waals surface area contributed by atoms with Gasteiger partial charge in [-0.3, -0.25) is 14.3 Å². The topological polar surface area (TPSA) is 166 Å². The van der Waals surface area contributed by atoms with Gasteiger partial charge < -0.3 is 33.9 Å². The predicted molar refractivity (Wildman–Crippen MR) is 241 cm³/mol. The molecule has 1 fully saturated rings. The number of ether oxygens (including phenoxy) is 3. The van der Waals surface area contributed by atoms with Crippen molar-refractivity contribution < 1.29 is 28.3 Å². The summed E-state index contributed by atoms with van der Waals surface area (Å²) in [4.78, 5) is 40.9. The monoisotopic (exact) mass is 866 g/mol. The fraction of sp³-hybridized carbons (Fsp3) is 0.333. The highest BCUT2D eigenvalue weighted by Gasteiger charge is 2.51. The van der Waals surface area contributed by atoms with E-state index in [1.165, 1.54) is 12.7 Å². The van der Waals surface area contributed by atoms with Crippen LogP contribution in [0.25, 0.3) is 11.2 Å². The zero-order chi connectivity index (χ0) is 44.1. The van der Waals surface area contributed by atoms with Crippen LogP contribution in [0.15, 0.2) is 116 Å². The number of carbonyl (C=O) groups is 2. The highest BCUT2D eigenvalue weighted by molar-refractivity contribution is 7.50. The van der Waals surface area contributed by atoms with Gasteiger partial charge in [-0.05, 0) is 82.5 Å². The normalized spacial score (nSPS) is 18.0. The number of benzene rings is 4. The maximum atomic E-state index is 14.5. The third kappa shape index (κ3) is 8.88. The van der Waals surface area contributed by atoms with E-state index < -0.39 is 32.2 Å². The molecule has 8 rings (SSSR count). The molecule has 2 N–H and O–H groups in total. The molecule has 0 bridgehead atoms. The second-order valence-electron chi connectivity index (χ2n) is 16.1. The van der Waals surface area contributed by atoms with Gasteiger partial charge in [0.2, 0.25) is 5.91 Å². The number of amides is 2. The summed E-state index contributed by atoms with van der Waals surface area (Å²) in [6.07, 6.45) is 3.97. The molecule has 1 unspecified atom stereocenters. The second-order valence-corrected chi connectivity index (χ2v) is 17.9. The van der Waals surface area contributed by atoms with E-state index in [-0.39, 0.29) is 36.3 Å². The van der Waals surface area contributed by atoms with Gasteiger partial charge in [-0.15, -0.1) is 0 Å². The fourth-order valence-corrected chi connectivity index (χ4v) is 11.1. The molecule has 4 atom stereocenters. The minimum atomic E-state index is -1.23. The maximum absolute atomic E-state index is 14.5. The molecule has 1 aliphatic heterocycles. The van der Waals surface area contributed by atoms with Gasteiger partial charge in [0.05, 0.1) is 37.8 Å². The SMILES string of the molecule is COc1ccc(C(=O)Nc2ncnc3c2ncn3CC(=O)N[C@@H]2[C@H](OP(CCC#N)N(C(C)C)C(C)C)CC[C@H]2OC2(c3ccccc3)c3ccccc3Oc3ccccc32)cc1. The Labute approximate surface area is 368 Å². The molecule has 0 spiro atoms. The summed E-state index contributed by atoms with van der Waals surface area (Å²) in [5.74, 6) is 1.53. The van der Waals surface area contributed by atoms with Crippen LogP contribution in [-0.2, 0) is 26.2 Å². The van der Waals surface area contributed by atoms with Gasteiger partial charge >= 0.3 is 0 Å². The number of imidazole rings is 1. The average Bonchev–Trinajstić information content (AvgIpc) is 3.88. The third-order valence-corrected chi connectivity index (χ3v) is 14.0. The second kappa shape index (κ2) is 19.0. The van der Waals surface area contributed by atoms with E-state index in [1.54, 1.807) is 35.9 Å². The number of hydrogen-bond acceptors (Lipinski definition) is 11. The quantitative estimate of drug-likeness (QED) is 0.0896. The van der Waals surface area contributed by atoms with Crippen molar-refractivity contribution in [1.29, 1.82) is 5.26 Å². The van der Waals surface area contributed by atoms with E-state index in [1.807, 2.05) is 66.7 Å². The van der Waals surface area contributed by atoms with Crippen molar-refractivity contribution in [2.24, 2.45) is 0 Å². The first kappa shape index (κ1) is 43.4. The first-order chi connectivity index (χ1) is 30.6. The number of fused-ring (bicyclic) bond motifs is 3. The van der Waals surface area contributed by atoms with Crippen LogP contribution in [0.1, 0.15) is 74.0 Å². The van der Waals surface area contributed by atoms with Crippen molar-refractivity contribution in [3.05, 3.63) is 138 Å². The Morgan fingerprint density at radius 2 is 1.54 bits per heavy atom. The Hall–Kier alpha value is -6.23. The van der Waals surface area contributed by atoms with Crippen molar-refractivity contribution >= 4 is 37.1 Å². The van der Waals surface area contributed by atoms with Gasteiger partial charge in [-0.25, -0.2) is 15.0 Å². The number of rotatable bonds is 16. The van der Waals surface area contributed by atoms with E-state index >= 15 is 0 Å². The molecule has 0 radical (unpaired) electrons. The Bertz CT molecular complexity index is 2540. The van der Waals surface area contributed by atoms with Gasteiger partial charge in [0, 0.05) is 41.4 Å². The van der Waals surface area contributed by atoms with Crippen LogP contribution in [0.3, 0.4) is 0 Å². The number of aromatic nitrogens is 4. The lowest BCUT2D eigenvalue weighted by Gasteiger charge is -2.43. The standard InChI is InChI=1S/C48H51N8O6P/c1-31(2)56(32(3)4)63(27-13-26-49)62-41-25-24-40(61-48(34-14-7-6-8-15-34)36-16-9-11-18-38(36)60-39-19-12-10-17-37(39)48)43(41)53-42(57)28-55-30-52-44-45(50-29-51-46(44)55)54-47(58)33-20-22-35(59-5)23-21-33/h6-12,14-23,29-32,40-41,43H,13,24-25,27-28H2,1-5H3,(H,53,57)(H,50,51,54,58)/t40-,41-,43+,63?/m1/s1. The van der Waals surface area contributed by atoms with Gasteiger partial charge in [-0.2, -0.15) is 5.26 Å². The summed E-state index contributed by atoms with van der Waals surface area (Å²) in [6, 6.07) is 34.8. The summed E-state index contributed by atoms with van der Waals surface area (Å²) in [5.41, 5.74) is 2.64. The van der Waals surface area contributed by atoms with Gasteiger partial charge in [0.15, 0.2) is 22.6 Å². The molecule has 6 aromatic rings. The molecule has 1 aliphatic carbocycles. The van der Waals surface area contributed by atoms with Crippen LogP contribution in [0.5, 0.6) is 17.2 Å². The van der Waals surface area contributed by atoms with E-state index in [4.69, 9.17) is 18.7 Å². The van der Waals surface area contributed by atoms with Crippen LogP contribution >= 0.6 is 8.30 Å². The number of nitrogens with zero attached hydrogens (tertiary/aromatic N) is 6. The first-order valence-electron chi connectivity index (χ1n) is 21.2. The van der Waals surface area contributed by atoms with Crippen molar-refractivity contribution in [3.63, 3.8) is 0 Å². The Balaban J connectivity index is 1.13. The van der Waals surface area contributed by atoms with Crippen molar-refractivity contribution in [2.45, 2.75) is 89.4 Å². The van der Waals surface area contributed by atoms with E-state index in [0.717, 1.165) is 16.7 Å². The van der Waals surface area contributed by atoms with Crippen LogP contribution < -0.4 is 20.1 Å². The largest absolute Gasteiger partial charge is 0.497 e. The molecule has 3 heterocycles. The molecule has 324 valence electrons. The van der Waals surface area contributed by atoms with Gasteiger partial charge in [-0.1, -0.05) is 66.7 Å². The Morgan fingerprint density at radius 3 is 2.19 bits per heavy atom. The van der Waals surface area contributed by atoms with Crippen molar-refractivity contribution in [2.75, 3.05) is 18.6 Å². The minimum Gasteiger partial charge on any atom is -0.497 e. The van der Waals surface area contributed by atoms with Crippen molar-refractivity contribution in [1.82, 2.24) is 29.5 Å². The Morgan fingerprint density at radius 1 is 0.889 bits per heavy atom. The summed E-state index contributed by atoms with van der Waals surface area (Å²) in [5, 5.41) is 15.9. The van der Waals surface area contributed by atoms with Crippen LogP contribution in [0.2, 0.25) is 0 Å². The number of nitrogens with one attached hydrogen (secondary N) is 2. The number of methoxy groups -OCH3 is 1. The van der Waals surface area contributed by atoms with Crippen LogP contribution in [-0.4, -0.2) is 79.6 Å². The number of hydrogen-bond donors (Lipinski definition) is 2. The lowest BCUT2D eigenvalue weighted by atomic mass is 9.77. The zero-order valence-corrected chi connectivity index (χ0v) is 36.9. The molecule has 2 aliphatic rings. The lowest BCUT2D eigenvalue weighted by molar-refractivity contribution is -0.125.